The molecule has 1 aromatic rings. The van der Waals surface area contributed by atoms with Gasteiger partial charge in [0.05, 0.1) is 0 Å². The van der Waals surface area contributed by atoms with E-state index >= 15 is 0 Å². The molecule has 1 heteroatoms. The number of nitrogens with zero attached hydrogens (tertiary/aromatic N) is 1. The van der Waals surface area contributed by atoms with Crippen molar-refractivity contribution in [1.29, 1.82) is 0 Å². The molecule has 0 saturated carbocycles. The third kappa shape index (κ3) is 2.50. The average Bonchev–Trinajstić information content (AvgIpc) is 2.19. The summed E-state index contributed by atoms with van der Waals surface area (Å²) < 4.78 is 0. The second-order valence-corrected chi connectivity index (χ2v) is 4.17. The highest BCUT2D eigenvalue weighted by Crippen LogP contribution is 2.20. The molecule has 0 aromatic heterocycles. The predicted octanol–water partition coefficient (Wildman–Crippen LogP) is 3.56. The molecule has 0 saturated heterocycles. The van der Waals surface area contributed by atoms with E-state index < -0.39 is 0 Å². The summed E-state index contributed by atoms with van der Waals surface area (Å²) in [6.07, 6.45) is 1.20. The molecule has 0 aliphatic rings. The van der Waals surface area contributed by atoms with Crippen molar-refractivity contribution in [3.05, 3.63) is 30.3 Å². The van der Waals surface area contributed by atoms with E-state index in [2.05, 4.69) is 63.1 Å². The molecule has 1 aromatic carbocycles. The highest BCUT2D eigenvalue weighted by atomic mass is 15.1. The standard InChI is InChI=1S/C13H21N/c1-5-13(11(2)3)14(4)12-9-7-6-8-10-12/h6-11,13H,5H2,1-4H3. The Bertz CT molecular complexity index is 253. The molecule has 0 aliphatic heterocycles. The van der Waals surface area contributed by atoms with Crippen LogP contribution in [-0.4, -0.2) is 13.1 Å². The minimum absolute atomic E-state index is 0.636. The first kappa shape index (κ1) is 11.1. The first-order valence-corrected chi connectivity index (χ1v) is 5.44. The lowest BCUT2D eigenvalue weighted by molar-refractivity contribution is 0.460. The van der Waals surface area contributed by atoms with Gasteiger partial charge in [-0.3, -0.25) is 0 Å². The quantitative estimate of drug-likeness (QED) is 0.703. The van der Waals surface area contributed by atoms with Crippen LogP contribution in [0.5, 0.6) is 0 Å². The molecule has 0 bridgehead atoms. The summed E-state index contributed by atoms with van der Waals surface area (Å²) in [5.74, 6) is 0.699. The van der Waals surface area contributed by atoms with Gasteiger partial charge in [-0.05, 0) is 24.5 Å². The summed E-state index contributed by atoms with van der Waals surface area (Å²) in [5, 5.41) is 0. The van der Waals surface area contributed by atoms with Gasteiger partial charge >= 0.3 is 0 Å². The number of benzene rings is 1. The van der Waals surface area contributed by atoms with Crippen molar-refractivity contribution in [2.45, 2.75) is 33.2 Å². The molecule has 1 atom stereocenters. The van der Waals surface area contributed by atoms with Gasteiger partial charge in [0.2, 0.25) is 0 Å². The molecule has 0 heterocycles. The van der Waals surface area contributed by atoms with E-state index in [-0.39, 0.29) is 0 Å². The molecule has 1 unspecified atom stereocenters. The second kappa shape index (κ2) is 5.04. The Morgan fingerprint density at radius 1 is 1.14 bits per heavy atom. The molecule has 1 rings (SSSR count). The lowest BCUT2D eigenvalue weighted by atomic mass is 10.00. The van der Waals surface area contributed by atoms with Gasteiger partial charge in [0.25, 0.3) is 0 Å². The van der Waals surface area contributed by atoms with Crippen LogP contribution in [0.4, 0.5) is 5.69 Å². The van der Waals surface area contributed by atoms with Crippen LogP contribution in [0.1, 0.15) is 27.2 Å². The number of hydrogen-bond donors (Lipinski definition) is 0. The van der Waals surface area contributed by atoms with E-state index in [1.54, 1.807) is 0 Å². The first-order chi connectivity index (χ1) is 6.66. The Hall–Kier alpha value is -0.980. The first-order valence-electron chi connectivity index (χ1n) is 5.44. The van der Waals surface area contributed by atoms with Crippen LogP contribution in [0.2, 0.25) is 0 Å². The molecule has 14 heavy (non-hydrogen) atoms. The summed E-state index contributed by atoms with van der Waals surface area (Å²) in [4.78, 5) is 2.38. The average molecular weight is 191 g/mol. The number of anilines is 1. The summed E-state index contributed by atoms with van der Waals surface area (Å²) in [6.45, 7) is 6.82. The Labute approximate surface area is 87.7 Å². The van der Waals surface area contributed by atoms with Gasteiger partial charge in [-0.25, -0.2) is 0 Å². The van der Waals surface area contributed by atoms with E-state index in [1.807, 2.05) is 0 Å². The Morgan fingerprint density at radius 2 is 1.71 bits per heavy atom. The van der Waals surface area contributed by atoms with Crippen molar-refractivity contribution < 1.29 is 0 Å². The lowest BCUT2D eigenvalue weighted by Crippen LogP contribution is -2.35. The van der Waals surface area contributed by atoms with Crippen LogP contribution in [-0.2, 0) is 0 Å². The van der Waals surface area contributed by atoms with Gasteiger partial charge in [-0.2, -0.15) is 0 Å². The van der Waals surface area contributed by atoms with Crippen molar-refractivity contribution in [3.8, 4) is 0 Å². The maximum Gasteiger partial charge on any atom is 0.0366 e. The SMILES string of the molecule is CCC(C(C)C)N(C)c1ccccc1. The number of para-hydroxylation sites is 1. The molecule has 0 spiro atoms. The molecule has 0 amide bonds. The minimum atomic E-state index is 0.636. The third-order valence-electron chi connectivity index (χ3n) is 2.85. The molecule has 78 valence electrons. The fourth-order valence-corrected chi connectivity index (χ4v) is 2.05. The normalized spacial score (nSPS) is 12.9. The van der Waals surface area contributed by atoms with Gasteiger partial charge < -0.3 is 4.90 Å². The van der Waals surface area contributed by atoms with Crippen molar-refractivity contribution in [1.82, 2.24) is 0 Å². The fourth-order valence-electron chi connectivity index (χ4n) is 2.05. The number of rotatable bonds is 4. The van der Waals surface area contributed by atoms with Crippen LogP contribution in [0.25, 0.3) is 0 Å². The van der Waals surface area contributed by atoms with E-state index in [1.165, 1.54) is 12.1 Å². The Kier molecular flexibility index (Phi) is 3.99. The summed E-state index contributed by atoms with van der Waals surface area (Å²) in [5.41, 5.74) is 1.31. The van der Waals surface area contributed by atoms with Crippen molar-refractivity contribution >= 4 is 5.69 Å². The van der Waals surface area contributed by atoms with Crippen LogP contribution < -0.4 is 4.90 Å². The second-order valence-electron chi connectivity index (χ2n) is 4.17. The predicted molar refractivity (Wildman–Crippen MR) is 63.8 cm³/mol. The van der Waals surface area contributed by atoms with E-state index in [0.29, 0.717) is 12.0 Å². The van der Waals surface area contributed by atoms with Crippen molar-refractivity contribution in [3.63, 3.8) is 0 Å². The van der Waals surface area contributed by atoms with Crippen LogP contribution in [0, 0.1) is 5.92 Å². The smallest absolute Gasteiger partial charge is 0.0366 e. The Morgan fingerprint density at radius 3 is 2.14 bits per heavy atom. The third-order valence-corrected chi connectivity index (χ3v) is 2.85. The zero-order valence-corrected chi connectivity index (χ0v) is 9.70. The fraction of sp³-hybridized carbons (Fsp3) is 0.538. The van der Waals surface area contributed by atoms with E-state index in [9.17, 15) is 0 Å². The molecule has 1 nitrogen and oxygen atoms in total. The maximum absolute atomic E-state index is 2.38. The highest BCUT2D eigenvalue weighted by Gasteiger charge is 2.16. The largest absolute Gasteiger partial charge is 0.371 e. The topological polar surface area (TPSA) is 3.24 Å². The van der Waals surface area contributed by atoms with Gasteiger partial charge in [-0.15, -0.1) is 0 Å². The molecule has 0 N–H and O–H groups in total. The highest BCUT2D eigenvalue weighted by molar-refractivity contribution is 5.46. The van der Waals surface area contributed by atoms with Crippen LogP contribution in [0.3, 0.4) is 0 Å². The summed E-state index contributed by atoms with van der Waals surface area (Å²) in [7, 11) is 2.18. The molecule has 0 aliphatic carbocycles. The van der Waals surface area contributed by atoms with E-state index in [4.69, 9.17) is 0 Å². The molecular formula is C13H21N. The molecule has 0 radical (unpaired) electrons. The van der Waals surface area contributed by atoms with Crippen molar-refractivity contribution in [2.75, 3.05) is 11.9 Å². The van der Waals surface area contributed by atoms with Crippen LogP contribution >= 0.6 is 0 Å². The lowest BCUT2D eigenvalue weighted by Gasteiger charge is -2.32. The van der Waals surface area contributed by atoms with Gasteiger partial charge in [0.1, 0.15) is 0 Å². The minimum Gasteiger partial charge on any atom is -0.371 e. The summed E-state index contributed by atoms with van der Waals surface area (Å²) in [6, 6.07) is 11.2. The van der Waals surface area contributed by atoms with E-state index in [0.717, 1.165) is 0 Å². The Balaban J connectivity index is 2.78. The maximum atomic E-state index is 2.38. The van der Waals surface area contributed by atoms with Gasteiger partial charge in [0.15, 0.2) is 0 Å². The molecular weight excluding hydrogens is 170 g/mol. The monoisotopic (exact) mass is 191 g/mol. The zero-order chi connectivity index (χ0) is 10.6. The van der Waals surface area contributed by atoms with Gasteiger partial charge in [0, 0.05) is 18.8 Å². The zero-order valence-electron chi connectivity index (χ0n) is 9.70. The van der Waals surface area contributed by atoms with Gasteiger partial charge in [-0.1, -0.05) is 39.0 Å². The summed E-state index contributed by atoms with van der Waals surface area (Å²) >= 11 is 0. The molecule has 0 fully saturated rings. The van der Waals surface area contributed by atoms with Crippen molar-refractivity contribution in [2.24, 2.45) is 5.92 Å². The van der Waals surface area contributed by atoms with Crippen LogP contribution in [0.15, 0.2) is 30.3 Å². The number of hydrogen-bond acceptors (Lipinski definition) is 1.